The Bertz CT molecular complexity index is 610. The first-order valence-electron chi connectivity index (χ1n) is 7.08. The third kappa shape index (κ3) is 3.18. The topological polar surface area (TPSA) is 15.3 Å². The van der Waals surface area contributed by atoms with Crippen molar-refractivity contribution >= 4 is 28.9 Å². The second-order valence-electron chi connectivity index (χ2n) is 5.67. The second kappa shape index (κ2) is 5.88. The molecule has 3 rings (SSSR count). The lowest BCUT2D eigenvalue weighted by molar-refractivity contribution is 0.332. The van der Waals surface area contributed by atoms with Crippen LogP contribution in [0, 0.1) is 0 Å². The van der Waals surface area contributed by atoms with Crippen LogP contribution < -0.4 is 10.2 Å². The van der Waals surface area contributed by atoms with Gasteiger partial charge in [-0.25, -0.2) is 0 Å². The van der Waals surface area contributed by atoms with Gasteiger partial charge in [0.15, 0.2) is 0 Å². The first-order chi connectivity index (χ1) is 10.1. The summed E-state index contributed by atoms with van der Waals surface area (Å²) >= 11 is 12.3. The molecule has 2 nitrogen and oxygen atoms in total. The average molecular weight is 321 g/mol. The van der Waals surface area contributed by atoms with E-state index in [1.54, 1.807) is 6.07 Å². The molecule has 1 aliphatic rings. The molecule has 1 unspecified atom stereocenters. The minimum atomic E-state index is -0.0751. The molecular weight excluding hydrogens is 303 g/mol. The number of hydrogen-bond donors (Lipinski definition) is 1. The van der Waals surface area contributed by atoms with Gasteiger partial charge in [0.2, 0.25) is 0 Å². The molecule has 1 saturated heterocycles. The number of nitrogens with one attached hydrogen (secondary N) is 1. The molecule has 0 radical (unpaired) electrons. The van der Waals surface area contributed by atoms with Gasteiger partial charge in [-0.3, -0.25) is 0 Å². The summed E-state index contributed by atoms with van der Waals surface area (Å²) in [4.78, 5) is 2.33. The van der Waals surface area contributed by atoms with E-state index in [4.69, 9.17) is 23.2 Å². The zero-order chi connectivity index (χ0) is 14.9. The maximum absolute atomic E-state index is 6.13. The van der Waals surface area contributed by atoms with Crippen molar-refractivity contribution in [2.24, 2.45) is 0 Å². The van der Waals surface area contributed by atoms with Crippen LogP contribution >= 0.6 is 23.2 Å². The lowest BCUT2D eigenvalue weighted by Crippen LogP contribution is -2.56. The molecule has 1 fully saturated rings. The van der Waals surface area contributed by atoms with Gasteiger partial charge in [-0.1, -0.05) is 53.5 Å². The van der Waals surface area contributed by atoms with E-state index in [0.29, 0.717) is 10.0 Å². The van der Waals surface area contributed by atoms with Crippen molar-refractivity contribution in [1.82, 2.24) is 5.32 Å². The van der Waals surface area contributed by atoms with Crippen LogP contribution in [0.25, 0.3) is 0 Å². The van der Waals surface area contributed by atoms with Gasteiger partial charge in [-0.15, -0.1) is 0 Å². The minimum absolute atomic E-state index is 0.0751. The SMILES string of the molecule is CC1(c2ccccc2)CN(c2cc(Cl)cc(Cl)c2)CCN1. The molecule has 2 aromatic carbocycles. The van der Waals surface area contributed by atoms with Crippen molar-refractivity contribution in [3.8, 4) is 0 Å². The molecule has 4 heteroatoms. The van der Waals surface area contributed by atoms with E-state index in [0.717, 1.165) is 25.3 Å². The van der Waals surface area contributed by atoms with Crippen LogP contribution in [-0.2, 0) is 5.54 Å². The number of hydrogen-bond acceptors (Lipinski definition) is 2. The van der Waals surface area contributed by atoms with Crippen LogP contribution in [0.2, 0.25) is 10.0 Å². The van der Waals surface area contributed by atoms with Crippen molar-refractivity contribution in [2.75, 3.05) is 24.5 Å². The molecule has 0 bridgehead atoms. The molecule has 0 amide bonds. The Morgan fingerprint density at radius 1 is 1.05 bits per heavy atom. The van der Waals surface area contributed by atoms with E-state index >= 15 is 0 Å². The normalized spacial score (nSPS) is 22.3. The Kier molecular flexibility index (Phi) is 4.12. The maximum Gasteiger partial charge on any atom is 0.0584 e. The molecule has 1 heterocycles. The molecule has 1 aliphatic heterocycles. The van der Waals surface area contributed by atoms with Gasteiger partial charge in [-0.2, -0.15) is 0 Å². The fourth-order valence-electron chi connectivity index (χ4n) is 2.93. The number of halogens is 2. The van der Waals surface area contributed by atoms with Crippen LogP contribution in [0.3, 0.4) is 0 Å². The molecule has 0 saturated carbocycles. The van der Waals surface area contributed by atoms with Gasteiger partial charge < -0.3 is 10.2 Å². The molecule has 2 aromatic rings. The third-order valence-electron chi connectivity index (χ3n) is 4.03. The highest BCUT2D eigenvalue weighted by atomic mass is 35.5. The van der Waals surface area contributed by atoms with Gasteiger partial charge in [0, 0.05) is 35.4 Å². The van der Waals surface area contributed by atoms with Crippen LogP contribution in [0.1, 0.15) is 12.5 Å². The van der Waals surface area contributed by atoms with E-state index in [1.807, 2.05) is 18.2 Å². The Balaban J connectivity index is 1.89. The number of benzene rings is 2. The van der Waals surface area contributed by atoms with Crippen molar-refractivity contribution in [1.29, 1.82) is 0 Å². The Morgan fingerprint density at radius 3 is 2.38 bits per heavy atom. The van der Waals surface area contributed by atoms with Crippen LogP contribution in [0.15, 0.2) is 48.5 Å². The Morgan fingerprint density at radius 2 is 1.71 bits per heavy atom. The van der Waals surface area contributed by atoms with Gasteiger partial charge in [0.25, 0.3) is 0 Å². The summed E-state index contributed by atoms with van der Waals surface area (Å²) in [5.74, 6) is 0. The van der Waals surface area contributed by atoms with Gasteiger partial charge >= 0.3 is 0 Å². The van der Waals surface area contributed by atoms with Crippen molar-refractivity contribution < 1.29 is 0 Å². The molecule has 0 aromatic heterocycles. The fourth-order valence-corrected chi connectivity index (χ4v) is 3.44. The highest BCUT2D eigenvalue weighted by Gasteiger charge is 2.32. The van der Waals surface area contributed by atoms with Gasteiger partial charge in [0.1, 0.15) is 0 Å². The van der Waals surface area contributed by atoms with Crippen LogP contribution in [0.4, 0.5) is 5.69 Å². The third-order valence-corrected chi connectivity index (χ3v) is 4.46. The van der Waals surface area contributed by atoms with E-state index in [9.17, 15) is 0 Å². The zero-order valence-electron chi connectivity index (χ0n) is 11.9. The lowest BCUT2D eigenvalue weighted by atomic mass is 9.89. The quantitative estimate of drug-likeness (QED) is 0.886. The standard InChI is InChI=1S/C17H18Cl2N2/c1-17(13-5-3-2-4-6-13)12-21(8-7-20-17)16-10-14(18)9-15(19)11-16/h2-6,9-11,20H,7-8,12H2,1H3. The molecule has 1 N–H and O–H groups in total. The molecule has 1 atom stereocenters. The van der Waals surface area contributed by atoms with Crippen molar-refractivity contribution in [3.05, 3.63) is 64.1 Å². The minimum Gasteiger partial charge on any atom is -0.368 e. The smallest absolute Gasteiger partial charge is 0.0584 e. The molecular formula is C17H18Cl2N2. The summed E-state index contributed by atoms with van der Waals surface area (Å²) in [7, 11) is 0. The van der Waals surface area contributed by atoms with Crippen molar-refractivity contribution in [2.45, 2.75) is 12.5 Å². The summed E-state index contributed by atoms with van der Waals surface area (Å²) in [6.45, 7) is 4.99. The number of nitrogens with zero attached hydrogens (tertiary/aromatic N) is 1. The van der Waals surface area contributed by atoms with Crippen LogP contribution in [-0.4, -0.2) is 19.6 Å². The van der Waals surface area contributed by atoms with Crippen molar-refractivity contribution in [3.63, 3.8) is 0 Å². The average Bonchev–Trinajstić information content (AvgIpc) is 2.47. The number of anilines is 1. The van der Waals surface area contributed by atoms with E-state index in [2.05, 4.69) is 41.4 Å². The zero-order valence-corrected chi connectivity index (χ0v) is 13.5. The molecule has 0 aliphatic carbocycles. The second-order valence-corrected chi connectivity index (χ2v) is 6.55. The van der Waals surface area contributed by atoms with E-state index < -0.39 is 0 Å². The molecule has 21 heavy (non-hydrogen) atoms. The number of piperazine rings is 1. The predicted octanol–water partition coefficient (Wildman–Crippen LogP) is 4.32. The predicted molar refractivity (Wildman–Crippen MR) is 90.5 cm³/mol. The fraction of sp³-hybridized carbons (Fsp3) is 0.294. The number of rotatable bonds is 2. The summed E-state index contributed by atoms with van der Waals surface area (Å²) in [5, 5.41) is 4.99. The Hall–Kier alpha value is -1.22. The highest BCUT2D eigenvalue weighted by molar-refractivity contribution is 6.35. The summed E-state index contributed by atoms with van der Waals surface area (Å²) in [5.41, 5.74) is 2.30. The van der Waals surface area contributed by atoms with Crippen LogP contribution in [0.5, 0.6) is 0 Å². The summed E-state index contributed by atoms with van der Waals surface area (Å²) in [6.07, 6.45) is 0. The monoisotopic (exact) mass is 320 g/mol. The van der Waals surface area contributed by atoms with Gasteiger partial charge in [0.05, 0.1) is 5.54 Å². The first kappa shape index (κ1) is 14.7. The van der Waals surface area contributed by atoms with Gasteiger partial charge in [-0.05, 0) is 30.7 Å². The maximum atomic E-state index is 6.13. The largest absolute Gasteiger partial charge is 0.368 e. The lowest BCUT2D eigenvalue weighted by Gasteiger charge is -2.43. The Labute approximate surface area is 135 Å². The molecule has 110 valence electrons. The highest BCUT2D eigenvalue weighted by Crippen LogP contribution is 2.30. The van der Waals surface area contributed by atoms with E-state index in [1.165, 1.54) is 5.56 Å². The summed E-state index contributed by atoms with van der Waals surface area (Å²) < 4.78 is 0. The molecule has 0 spiro atoms. The van der Waals surface area contributed by atoms with E-state index in [-0.39, 0.29) is 5.54 Å². The first-order valence-corrected chi connectivity index (χ1v) is 7.84. The summed E-state index contributed by atoms with van der Waals surface area (Å²) in [6, 6.07) is 16.3.